The van der Waals surface area contributed by atoms with Crippen molar-refractivity contribution < 1.29 is 19.1 Å². The van der Waals surface area contributed by atoms with Gasteiger partial charge in [0.1, 0.15) is 23.8 Å². The van der Waals surface area contributed by atoms with E-state index in [0.29, 0.717) is 17.0 Å². The minimum atomic E-state index is -0.245. The number of carbonyl (C=O) groups excluding carboxylic acids is 2. The lowest BCUT2D eigenvalue weighted by atomic mass is 10.0. The molecule has 0 saturated carbocycles. The molecule has 156 valence electrons. The second-order valence-corrected chi connectivity index (χ2v) is 7.42. The Labute approximate surface area is 176 Å². The number of piperidine rings is 1. The number of methoxy groups -OCH3 is 1. The van der Waals surface area contributed by atoms with Gasteiger partial charge in [-0.3, -0.25) is 14.5 Å². The molecule has 4 rings (SSSR count). The molecule has 0 bridgehead atoms. The van der Waals surface area contributed by atoms with Crippen LogP contribution >= 0.6 is 0 Å². The fraction of sp³-hybridized carbons (Fsp3) is 0.333. The van der Waals surface area contributed by atoms with Crippen LogP contribution < -0.4 is 9.47 Å². The fourth-order valence-electron chi connectivity index (χ4n) is 3.97. The van der Waals surface area contributed by atoms with Gasteiger partial charge < -0.3 is 14.4 Å². The number of imide groups is 1. The van der Waals surface area contributed by atoms with E-state index in [1.165, 1.54) is 4.90 Å². The summed E-state index contributed by atoms with van der Waals surface area (Å²) in [5.74, 6) is 0.946. The molecule has 2 aliphatic rings. The number of likely N-dealkylation sites (tertiary alicyclic amines) is 1. The summed E-state index contributed by atoms with van der Waals surface area (Å²) in [4.78, 5) is 29.9. The van der Waals surface area contributed by atoms with E-state index in [1.54, 1.807) is 19.2 Å². The lowest BCUT2D eigenvalue weighted by molar-refractivity contribution is -0.138. The highest BCUT2D eigenvalue weighted by Gasteiger charge is 2.41. The number of carbonyl (C=O) groups is 2. The van der Waals surface area contributed by atoms with Crippen molar-refractivity contribution in [3.05, 3.63) is 65.9 Å². The number of rotatable bonds is 7. The highest BCUT2D eigenvalue weighted by molar-refractivity contribution is 6.35. The molecule has 2 amide bonds. The van der Waals surface area contributed by atoms with Gasteiger partial charge in [-0.1, -0.05) is 30.3 Å². The normalized spacial score (nSPS) is 17.0. The summed E-state index contributed by atoms with van der Waals surface area (Å²) in [6.45, 7) is 2.05. The molecule has 2 aromatic rings. The van der Waals surface area contributed by atoms with Crippen LogP contribution in [0.25, 0.3) is 5.57 Å². The lowest BCUT2D eigenvalue weighted by Gasteiger charge is -2.29. The smallest absolute Gasteiger partial charge is 0.277 e. The summed E-state index contributed by atoms with van der Waals surface area (Å²) in [6.07, 6.45) is 3.23. The third kappa shape index (κ3) is 4.03. The van der Waals surface area contributed by atoms with Crippen LogP contribution in [0.15, 0.2) is 60.3 Å². The Hall–Kier alpha value is -3.28. The van der Waals surface area contributed by atoms with Crippen molar-refractivity contribution in [1.29, 1.82) is 0 Å². The molecule has 6 nitrogen and oxygen atoms in total. The molecule has 1 fully saturated rings. The molecule has 1 saturated heterocycles. The monoisotopic (exact) mass is 406 g/mol. The Morgan fingerprint density at radius 1 is 0.833 bits per heavy atom. The van der Waals surface area contributed by atoms with Gasteiger partial charge in [0.15, 0.2) is 0 Å². The van der Waals surface area contributed by atoms with E-state index >= 15 is 0 Å². The van der Waals surface area contributed by atoms with Crippen molar-refractivity contribution in [3.63, 3.8) is 0 Å². The third-order valence-corrected chi connectivity index (χ3v) is 5.52. The second-order valence-electron chi connectivity index (χ2n) is 7.42. The first kappa shape index (κ1) is 20.0. The summed E-state index contributed by atoms with van der Waals surface area (Å²) < 4.78 is 10.9. The minimum Gasteiger partial charge on any atom is -0.497 e. The number of hydrogen-bond acceptors (Lipinski definition) is 5. The van der Waals surface area contributed by atoms with Crippen molar-refractivity contribution in [3.8, 4) is 11.5 Å². The zero-order valence-electron chi connectivity index (χ0n) is 17.2. The van der Waals surface area contributed by atoms with E-state index in [9.17, 15) is 9.59 Å². The SMILES string of the molecule is COc1ccc(OCCN2C(=O)C(c3ccccc3)=C(N3CCCCC3)C2=O)cc1. The van der Waals surface area contributed by atoms with Gasteiger partial charge in [-0.25, -0.2) is 0 Å². The van der Waals surface area contributed by atoms with Gasteiger partial charge in [-0.15, -0.1) is 0 Å². The standard InChI is InChI=1S/C24H26N2O4/c1-29-19-10-12-20(13-11-19)30-17-16-26-23(27)21(18-8-4-2-5-9-18)22(24(26)28)25-14-6-3-7-15-25/h2,4-5,8-13H,3,6-7,14-17H2,1H3. The van der Waals surface area contributed by atoms with Crippen molar-refractivity contribution in [2.75, 3.05) is 33.4 Å². The summed E-state index contributed by atoms with van der Waals surface area (Å²) >= 11 is 0. The van der Waals surface area contributed by atoms with Gasteiger partial charge in [0, 0.05) is 13.1 Å². The molecule has 30 heavy (non-hydrogen) atoms. The molecular weight excluding hydrogens is 380 g/mol. The topological polar surface area (TPSA) is 59.1 Å². The van der Waals surface area contributed by atoms with Gasteiger partial charge >= 0.3 is 0 Å². The molecule has 0 aromatic heterocycles. The van der Waals surface area contributed by atoms with Gasteiger partial charge in [-0.05, 0) is 49.1 Å². The number of ether oxygens (including phenoxy) is 2. The van der Waals surface area contributed by atoms with E-state index < -0.39 is 0 Å². The van der Waals surface area contributed by atoms with Crippen molar-refractivity contribution in [1.82, 2.24) is 9.80 Å². The number of hydrogen-bond donors (Lipinski definition) is 0. The molecule has 0 radical (unpaired) electrons. The average Bonchev–Trinajstić information content (AvgIpc) is 3.05. The molecular formula is C24H26N2O4. The van der Waals surface area contributed by atoms with E-state index in [1.807, 2.05) is 42.5 Å². The first-order chi connectivity index (χ1) is 14.7. The van der Waals surface area contributed by atoms with Crippen LogP contribution in [0.1, 0.15) is 24.8 Å². The Balaban J connectivity index is 1.51. The zero-order chi connectivity index (χ0) is 20.9. The predicted octanol–water partition coefficient (Wildman–Crippen LogP) is 3.34. The number of benzene rings is 2. The molecule has 2 aliphatic heterocycles. The van der Waals surface area contributed by atoms with E-state index in [0.717, 1.165) is 43.7 Å². The van der Waals surface area contributed by atoms with Crippen LogP contribution in [0.3, 0.4) is 0 Å². The maximum atomic E-state index is 13.3. The van der Waals surface area contributed by atoms with Crippen LogP contribution in [-0.4, -0.2) is 55.0 Å². The molecule has 6 heteroatoms. The first-order valence-corrected chi connectivity index (χ1v) is 10.4. The van der Waals surface area contributed by atoms with Crippen LogP contribution in [0.2, 0.25) is 0 Å². The molecule has 0 unspecified atom stereocenters. The van der Waals surface area contributed by atoms with Gasteiger partial charge in [-0.2, -0.15) is 0 Å². The van der Waals surface area contributed by atoms with Crippen LogP contribution in [-0.2, 0) is 9.59 Å². The summed E-state index contributed by atoms with van der Waals surface area (Å²) in [5.41, 5.74) is 1.83. The van der Waals surface area contributed by atoms with E-state index in [2.05, 4.69) is 4.90 Å². The largest absolute Gasteiger partial charge is 0.497 e. The van der Waals surface area contributed by atoms with Crippen molar-refractivity contribution in [2.45, 2.75) is 19.3 Å². The lowest BCUT2D eigenvalue weighted by Crippen LogP contribution is -2.39. The average molecular weight is 406 g/mol. The molecule has 2 aromatic carbocycles. The highest BCUT2D eigenvalue weighted by atomic mass is 16.5. The minimum absolute atomic E-state index is 0.206. The summed E-state index contributed by atoms with van der Waals surface area (Å²) in [7, 11) is 1.61. The predicted molar refractivity (Wildman–Crippen MR) is 114 cm³/mol. The Kier molecular flexibility index (Phi) is 6.02. The van der Waals surface area contributed by atoms with Crippen molar-refractivity contribution >= 4 is 17.4 Å². The second kappa shape index (κ2) is 9.03. The number of amides is 2. The van der Waals surface area contributed by atoms with Gasteiger partial charge in [0.2, 0.25) is 0 Å². The molecule has 0 atom stereocenters. The van der Waals surface area contributed by atoms with Crippen LogP contribution in [0.5, 0.6) is 11.5 Å². The van der Waals surface area contributed by atoms with Crippen LogP contribution in [0.4, 0.5) is 0 Å². The fourth-order valence-corrected chi connectivity index (χ4v) is 3.97. The Morgan fingerprint density at radius 3 is 2.17 bits per heavy atom. The highest BCUT2D eigenvalue weighted by Crippen LogP contribution is 2.33. The summed E-state index contributed by atoms with van der Waals surface area (Å²) in [6, 6.07) is 16.7. The van der Waals surface area contributed by atoms with Crippen LogP contribution in [0, 0.1) is 0 Å². The molecule has 0 spiro atoms. The Bertz CT molecular complexity index is 931. The summed E-state index contributed by atoms with van der Waals surface area (Å²) in [5, 5.41) is 0. The van der Waals surface area contributed by atoms with Crippen molar-refractivity contribution in [2.24, 2.45) is 0 Å². The van der Waals surface area contributed by atoms with Gasteiger partial charge in [0.25, 0.3) is 11.8 Å². The van der Waals surface area contributed by atoms with Gasteiger partial charge in [0.05, 0.1) is 19.2 Å². The maximum Gasteiger partial charge on any atom is 0.277 e. The molecule has 2 heterocycles. The Morgan fingerprint density at radius 2 is 1.50 bits per heavy atom. The quantitative estimate of drug-likeness (QED) is 0.660. The maximum absolute atomic E-state index is 13.3. The van der Waals surface area contributed by atoms with E-state index in [-0.39, 0.29) is 25.0 Å². The first-order valence-electron chi connectivity index (χ1n) is 10.4. The molecule has 0 N–H and O–H groups in total. The van der Waals surface area contributed by atoms with E-state index in [4.69, 9.17) is 9.47 Å². The zero-order valence-corrected chi connectivity index (χ0v) is 17.2. The number of nitrogens with zero attached hydrogens (tertiary/aromatic N) is 2. The molecule has 0 aliphatic carbocycles. The third-order valence-electron chi connectivity index (χ3n) is 5.52.